The molecule has 20 heavy (non-hydrogen) atoms. The van der Waals surface area contributed by atoms with Gasteiger partial charge in [-0.3, -0.25) is 9.97 Å². The van der Waals surface area contributed by atoms with E-state index in [4.69, 9.17) is 0 Å². The molecule has 5 heteroatoms. The van der Waals surface area contributed by atoms with E-state index in [0.29, 0.717) is 0 Å². The highest BCUT2D eigenvalue weighted by atomic mass is 15.2. The number of hydrogen-bond acceptors (Lipinski definition) is 5. The summed E-state index contributed by atoms with van der Waals surface area (Å²) in [6.07, 6.45) is 9.55. The number of nitrogens with one attached hydrogen (secondary N) is 1. The maximum absolute atomic E-state index is 4.53. The van der Waals surface area contributed by atoms with E-state index in [9.17, 15) is 0 Å². The molecule has 0 amide bonds. The summed E-state index contributed by atoms with van der Waals surface area (Å²) in [7, 11) is 0. The van der Waals surface area contributed by atoms with Crippen LogP contribution in [0.2, 0.25) is 0 Å². The first-order valence-electron chi connectivity index (χ1n) is 7.07. The van der Waals surface area contributed by atoms with E-state index in [2.05, 4.69) is 38.2 Å². The first kappa shape index (κ1) is 12.8. The van der Waals surface area contributed by atoms with Crippen LogP contribution >= 0.6 is 0 Å². The van der Waals surface area contributed by atoms with Gasteiger partial charge in [0.1, 0.15) is 0 Å². The molecule has 0 aromatic carbocycles. The molecule has 1 fully saturated rings. The summed E-state index contributed by atoms with van der Waals surface area (Å²) < 4.78 is 0. The summed E-state index contributed by atoms with van der Waals surface area (Å²) >= 11 is 0. The van der Waals surface area contributed by atoms with Gasteiger partial charge in [0.25, 0.3) is 0 Å². The third-order valence-corrected chi connectivity index (χ3v) is 3.59. The first-order chi connectivity index (χ1) is 9.84. The number of hydrogen-bond donors (Lipinski definition) is 1. The molecule has 1 N–H and O–H groups in total. The average molecular weight is 269 g/mol. The molecule has 5 nitrogen and oxygen atoms in total. The zero-order valence-electron chi connectivity index (χ0n) is 11.7. The number of nitrogens with zero attached hydrogens (tertiary/aromatic N) is 4. The van der Waals surface area contributed by atoms with Crippen LogP contribution in [0.5, 0.6) is 0 Å². The highest BCUT2D eigenvalue weighted by molar-refractivity contribution is 5.66. The molecule has 1 aliphatic heterocycles. The lowest BCUT2D eigenvalue weighted by atomic mass is 10.2. The van der Waals surface area contributed by atoms with Crippen LogP contribution in [0.4, 0.5) is 11.5 Å². The molecule has 1 unspecified atom stereocenters. The highest BCUT2D eigenvalue weighted by Crippen LogP contribution is 2.28. The molecule has 3 rings (SSSR count). The lowest BCUT2D eigenvalue weighted by Crippen LogP contribution is -2.21. The SMILES string of the molecule is CC(Nc1cccnc1N1CCCC1)c1cnccn1. The molecular formula is C15H19N5. The Morgan fingerprint density at radius 3 is 2.75 bits per heavy atom. The lowest BCUT2D eigenvalue weighted by Gasteiger charge is -2.22. The second-order valence-electron chi connectivity index (χ2n) is 5.07. The van der Waals surface area contributed by atoms with Gasteiger partial charge in [-0.15, -0.1) is 0 Å². The van der Waals surface area contributed by atoms with Crippen molar-refractivity contribution in [2.45, 2.75) is 25.8 Å². The summed E-state index contributed by atoms with van der Waals surface area (Å²) in [6.45, 7) is 4.27. The van der Waals surface area contributed by atoms with Gasteiger partial charge in [0.15, 0.2) is 5.82 Å². The Hall–Kier alpha value is -2.17. The Balaban J connectivity index is 1.80. The molecule has 0 spiro atoms. The fraction of sp³-hybridized carbons (Fsp3) is 0.400. The van der Waals surface area contributed by atoms with Gasteiger partial charge in [0.2, 0.25) is 0 Å². The Bertz CT molecular complexity index is 551. The van der Waals surface area contributed by atoms with Crippen LogP contribution < -0.4 is 10.2 Å². The fourth-order valence-electron chi connectivity index (χ4n) is 2.53. The van der Waals surface area contributed by atoms with Gasteiger partial charge in [-0.1, -0.05) is 0 Å². The Morgan fingerprint density at radius 1 is 1.15 bits per heavy atom. The van der Waals surface area contributed by atoms with Crippen molar-refractivity contribution in [3.63, 3.8) is 0 Å². The minimum Gasteiger partial charge on any atom is -0.374 e. The molecule has 0 saturated carbocycles. The Labute approximate surface area is 119 Å². The van der Waals surface area contributed by atoms with Gasteiger partial charge in [0, 0.05) is 31.7 Å². The van der Waals surface area contributed by atoms with Gasteiger partial charge in [0.05, 0.1) is 23.6 Å². The Kier molecular flexibility index (Phi) is 3.76. The van der Waals surface area contributed by atoms with E-state index < -0.39 is 0 Å². The number of rotatable bonds is 4. The number of anilines is 2. The van der Waals surface area contributed by atoms with E-state index in [1.807, 2.05) is 12.3 Å². The van der Waals surface area contributed by atoms with Gasteiger partial charge < -0.3 is 10.2 Å². The van der Waals surface area contributed by atoms with E-state index >= 15 is 0 Å². The predicted octanol–water partition coefficient (Wildman–Crippen LogP) is 2.64. The van der Waals surface area contributed by atoms with Gasteiger partial charge >= 0.3 is 0 Å². The van der Waals surface area contributed by atoms with Gasteiger partial charge in [-0.2, -0.15) is 0 Å². The monoisotopic (exact) mass is 269 g/mol. The Morgan fingerprint density at radius 2 is 2.00 bits per heavy atom. The molecule has 0 radical (unpaired) electrons. The summed E-state index contributed by atoms with van der Waals surface area (Å²) in [5.74, 6) is 1.04. The molecule has 2 aromatic rings. The highest BCUT2D eigenvalue weighted by Gasteiger charge is 2.18. The quantitative estimate of drug-likeness (QED) is 0.924. The maximum atomic E-state index is 4.53. The third kappa shape index (κ3) is 2.71. The molecule has 1 atom stereocenters. The summed E-state index contributed by atoms with van der Waals surface area (Å²) in [4.78, 5) is 15.3. The van der Waals surface area contributed by atoms with Crippen LogP contribution in [0.25, 0.3) is 0 Å². The maximum Gasteiger partial charge on any atom is 0.151 e. The van der Waals surface area contributed by atoms with Crippen LogP contribution in [0, 0.1) is 0 Å². The van der Waals surface area contributed by atoms with Crippen molar-refractivity contribution in [2.75, 3.05) is 23.3 Å². The van der Waals surface area contributed by atoms with Crippen LogP contribution in [0.15, 0.2) is 36.9 Å². The van der Waals surface area contributed by atoms with Crippen LogP contribution in [-0.4, -0.2) is 28.0 Å². The molecular weight excluding hydrogens is 250 g/mol. The van der Waals surface area contributed by atoms with E-state index in [1.165, 1.54) is 12.8 Å². The van der Waals surface area contributed by atoms with Gasteiger partial charge in [-0.25, -0.2) is 4.98 Å². The van der Waals surface area contributed by atoms with E-state index in [-0.39, 0.29) is 6.04 Å². The van der Waals surface area contributed by atoms with Crippen LogP contribution in [0.1, 0.15) is 31.5 Å². The zero-order chi connectivity index (χ0) is 13.8. The topological polar surface area (TPSA) is 53.9 Å². The summed E-state index contributed by atoms with van der Waals surface area (Å²) in [6, 6.07) is 4.15. The van der Waals surface area contributed by atoms with E-state index in [1.54, 1.807) is 18.6 Å². The molecule has 0 bridgehead atoms. The van der Waals surface area contributed by atoms with Crippen molar-refractivity contribution in [1.29, 1.82) is 0 Å². The van der Waals surface area contributed by atoms with Gasteiger partial charge in [-0.05, 0) is 31.9 Å². The minimum absolute atomic E-state index is 0.106. The summed E-state index contributed by atoms with van der Waals surface area (Å²) in [5, 5.41) is 3.50. The predicted molar refractivity (Wildman–Crippen MR) is 79.8 cm³/mol. The lowest BCUT2D eigenvalue weighted by molar-refractivity contribution is 0.822. The largest absolute Gasteiger partial charge is 0.374 e. The second-order valence-corrected chi connectivity index (χ2v) is 5.07. The van der Waals surface area contributed by atoms with Crippen molar-refractivity contribution < 1.29 is 0 Å². The number of aromatic nitrogens is 3. The first-order valence-corrected chi connectivity index (χ1v) is 7.07. The summed E-state index contributed by atoms with van der Waals surface area (Å²) in [5.41, 5.74) is 2.00. The normalized spacial score (nSPS) is 16.1. The molecule has 104 valence electrons. The van der Waals surface area contributed by atoms with Crippen molar-refractivity contribution in [3.05, 3.63) is 42.6 Å². The van der Waals surface area contributed by atoms with Crippen molar-refractivity contribution >= 4 is 11.5 Å². The fourth-order valence-corrected chi connectivity index (χ4v) is 2.53. The number of pyridine rings is 1. The molecule has 3 heterocycles. The van der Waals surface area contributed by atoms with Crippen molar-refractivity contribution in [1.82, 2.24) is 15.0 Å². The van der Waals surface area contributed by atoms with E-state index in [0.717, 1.165) is 30.3 Å². The van der Waals surface area contributed by atoms with Crippen molar-refractivity contribution in [2.24, 2.45) is 0 Å². The van der Waals surface area contributed by atoms with Crippen LogP contribution in [0.3, 0.4) is 0 Å². The second kappa shape index (κ2) is 5.86. The zero-order valence-corrected chi connectivity index (χ0v) is 11.7. The third-order valence-electron chi connectivity index (χ3n) is 3.59. The molecule has 2 aromatic heterocycles. The molecule has 0 aliphatic carbocycles. The van der Waals surface area contributed by atoms with Crippen LogP contribution in [-0.2, 0) is 0 Å². The minimum atomic E-state index is 0.106. The molecule has 1 saturated heterocycles. The molecule has 1 aliphatic rings. The standard InChI is InChI=1S/C15H19N5/c1-12(14-11-16-7-8-17-14)19-13-5-4-6-18-15(13)20-9-2-3-10-20/h4-8,11-12,19H,2-3,9-10H2,1H3. The smallest absolute Gasteiger partial charge is 0.151 e. The average Bonchev–Trinajstić information content (AvgIpc) is 3.03. The van der Waals surface area contributed by atoms with Crippen molar-refractivity contribution in [3.8, 4) is 0 Å².